The summed E-state index contributed by atoms with van der Waals surface area (Å²) in [4.78, 5) is 20.0. The van der Waals surface area contributed by atoms with Crippen molar-refractivity contribution in [1.29, 1.82) is 0 Å². The molecule has 2 aliphatic heterocycles. The standard InChI is InChI=1S/C23H25N3O2S/c1-16-14-19(26-12-4-3-5-13-26)9-6-17(16)15-21-22(27)25-23(29-21)24-18-7-10-20(28-2)11-8-18/h6-11,14-15H,3-5,12-13H2,1-2H3,(H,24,25,27). The molecule has 2 saturated heterocycles. The van der Waals surface area contributed by atoms with Crippen LogP contribution in [0, 0.1) is 6.92 Å². The summed E-state index contributed by atoms with van der Waals surface area (Å²) in [5, 5.41) is 3.44. The van der Waals surface area contributed by atoms with Gasteiger partial charge in [-0.3, -0.25) is 4.79 Å². The average molecular weight is 408 g/mol. The van der Waals surface area contributed by atoms with Crippen molar-refractivity contribution in [1.82, 2.24) is 5.32 Å². The van der Waals surface area contributed by atoms with Gasteiger partial charge in [0.25, 0.3) is 5.91 Å². The van der Waals surface area contributed by atoms with E-state index in [0.717, 1.165) is 30.1 Å². The fraction of sp³-hybridized carbons (Fsp3) is 0.304. The normalized spacial score (nSPS) is 19.7. The monoisotopic (exact) mass is 407 g/mol. The van der Waals surface area contributed by atoms with Crippen LogP contribution >= 0.6 is 11.8 Å². The Balaban J connectivity index is 1.50. The Bertz CT molecular complexity index is 961. The van der Waals surface area contributed by atoms with Gasteiger partial charge in [-0.2, -0.15) is 0 Å². The number of aryl methyl sites for hydroxylation is 1. The summed E-state index contributed by atoms with van der Waals surface area (Å²) >= 11 is 1.37. The molecule has 29 heavy (non-hydrogen) atoms. The van der Waals surface area contributed by atoms with Gasteiger partial charge in [0.15, 0.2) is 5.17 Å². The number of hydrogen-bond donors (Lipinski definition) is 1. The molecule has 150 valence electrons. The van der Waals surface area contributed by atoms with Crippen LogP contribution in [0.1, 0.15) is 30.4 Å². The molecule has 2 fully saturated rings. The quantitative estimate of drug-likeness (QED) is 0.734. The van der Waals surface area contributed by atoms with Crippen molar-refractivity contribution in [3.63, 3.8) is 0 Å². The zero-order chi connectivity index (χ0) is 20.2. The summed E-state index contributed by atoms with van der Waals surface area (Å²) in [6.45, 7) is 4.36. The van der Waals surface area contributed by atoms with Gasteiger partial charge in [0.1, 0.15) is 5.75 Å². The first-order valence-electron chi connectivity index (χ1n) is 9.91. The molecule has 5 nitrogen and oxygen atoms in total. The number of piperidine rings is 1. The molecule has 0 saturated carbocycles. The number of nitrogens with zero attached hydrogens (tertiary/aromatic N) is 2. The predicted molar refractivity (Wildman–Crippen MR) is 121 cm³/mol. The second kappa shape index (κ2) is 8.74. The Labute approximate surface area is 175 Å². The van der Waals surface area contributed by atoms with Crippen molar-refractivity contribution < 1.29 is 9.53 Å². The van der Waals surface area contributed by atoms with Gasteiger partial charge in [-0.05, 0) is 91.5 Å². The minimum absolute atomic E-state index is 0.109. The number of methoxy groups -OCH3 is 1. The van der Waals surface area contributed by atoms with Crippen LogP contribution in [0.15, 0.2) is 52.4 Å². The Kier molecular flexibility index (Phi) is 5.90. The van der Waals surface area contributed by atoms with Crippen LogP contribution < -0.4 is 15.0 Å². The van der Waals surface area contributed by atoms with Crippen LogP contribution in [0.2, 0.25) is 0 Å². The summed E-state index contributed by atoms with van der Waals surface area (Å²) in [6.07, 6.45) is 5.80. The molecular formula is C23H25N3O2S. The minimum atomic E-state index is -0.109. The summed E-state index contributed by atoms with van der Waals surface area (Å²) in [7, 11) is 1.63. The van der Waals surface area contributed by atoms with Gasteiger partial charge in [0.05, 0.1) is 17.7 Å². The highest BCUT2D eigenvalue weighted by atomic mass is 32.2. The SMILES string of the molecule is COc1ccc(N=C2NC(=O)C(=Cc3ccc(N4CCCCC4)cc3C)S2)cc1. The molecule has 1 amide bonds. The predicted octanol–water partition coefficient (Wildman–Crippen LogP) is 4.89. The molecular weight excluding hydrogens is 382 g/mol. The lowest BCUT2D eigenvalue weighted by molar-refractivity contribution is -0.115. The maximum atomic E-state index is 12.4. The van der Waals surface area contributed by atoms with Crippen molar-refractivity contribution in [2.45, 2.75) is 26.2 Å². The lowest BCUT2D eigenvalue weighted by atomic mass is 10.0. The third-order valence-electron chi connectivity index (χ3n) is 5.22. The van der Waals surface area contributed by atoms with Crippen molar-refractivity contribution in [2.24, 2.45) is 4.99 Å². The summed E-state index contributed by atoms with van der Waals surface area (Å²) in [6, 6.07) is 13.9. The van der Waals surface area contributed by atoms with Gasteiger partial charge in [-0.1, -0.05) is 6.07 Å². The first-order chi connectivity index (χ1) is 14.1. The van der Waals surface area contributed by atoms with Gasteiger partial charge >= 0.3 is 0 Å². The number of amidine groups is 1. The first kappa shape index (κ1) is 19.6. The second-order valence-electron chi connectivity index (χ2n) is 7.27. The van der Waals surface area contributed by atoms with E-state index in [4.69, 9.17) is 4.74 Å². The number of carbonyl (C=O) groups is 1. The Morgan fingerprint density at radius 3 is 2.55 bits per heavy atom. The molecule has 4 rings (SSSR count). The number of anilines is 1. The zero-order valence-corrected chi connectivity index (χ0v) is 17.6. The Morgan fingerprint density at radius 2 is 1.86 bits per heavy atom. The molecule has 6 heteroatoms. The minimum Gasteiger partial charge on any atom is -0.497 e. The summed E-state index contributed by atoms with van der Waals surface area (Å²) in [5.74, 6) is 0.669. The van der Waals surface area contributed by atoms with Crippen LogP contribution in [-0.4, -0.2) is 31.3 Å². The highest BCUT2D eigenvalue weighted by molar-refractivity contribution is 8.18. The molecule has 0 aliphatic carbocycles. The molecule has 2 aromatic rings. The number of ether oxygens (including phenoxy) is 1. The number of carbonyl (C=O) groups excluding carboxylic acids is 1. The zero-order valence-electron chi connectivity index (χ0n) is 16.8. The van der Waals surface area contributed by atoms with E-state index in [0.29, 0.717) is 10.1 Å². The van der Waals surface area contributed by atoms with E-state index < -0.39 is 0 Å². The fourth-order valence-corrected chi connectivity index (χ4v) is 4.40. The molecule has 0 atom stereocenters. The lowest BCUT2D eigenvalue weighted by Gasteiger charge is -2.29. The third-order valence-corrected chi connectivity index (χ3v) is 6.13. The number of nitrogens with one attached hydrogen (secondary N) is 1. The maximum absolute atomic E-state index is 12.4. The van der Waals surface area contributed by atoms with Gasteiger partial charge < -0.3 is 15.0 Å². The molecule has 0 aromatic heterocycles. The van der Waals surface area contributed by atoms with Crippen molar-refractivity contribution in [2.75, 3.05) is 25.1 Å². The van der Waals surface area contributed by atoms with E-state index in [1.165, 1.54) is 42.3 Å². The van der Waals surface area contributed by atoms with Crippen LogP contribution in [0.4, 0.5) is 11.4 Å². The number of hydrogen-bond acceptors (Lipinski definition) is 5. The fourth-order valence-electron chi connectivity index (χ4n) is 3.57. The van der Waals surface area contributed by atoms with E-state index in [1.54, 1.807) is 7.11 Å². The third kappa shape index (κ3) is 4.65. The van der Waals surface area contributed by atoms with E-state index >= 15 is 0 Å². The van der Waals surface area contributed by atoms with Crippen molar-refractivity contribution >= 4 is 40.3 Å². The number of benzene rings is 2. The highest BCUT2D eigenvalue weighted by Gasteiger charge is 2.24. The van der Waals surface area contributed by atoms with Crippen molar-refractivity contribution in [3.05, 3.63) is 58.5 Å². The molecule has 0 unspecified atom stereocenters. The smallest absolute Gasteiger partial charge is 0.264 e. The van der Waals surface area contributed by atoms with Crippen molar-refractivity contribution in [3.8, 4) is 5.75 Å². The highest BCUT2D eigenvalue weighted by Crippen LogP contribution is 2.30. The van der Waals surface area contributed by atoms with E-state index in [2.05, 4.69) is 40.3 Å². The second-order valence-corrected chi connectivity index (χ2v) is 8.30. The van der Waals surface area contributed by atoms with Gasteiger partial charge in [0.2, 0.25) is 0 Å². The number of amides is 1. The molecule has 2 aromatic carbocycles. The molecule has 0 radical (unpaired) electrons. The topological polar surface area (TPSA) is 53.9 Å². The molecule has 2 heterocycles. The Morgan fingerprint density at radius 1 is 1.10 bits per heavy atom. The number of aliphatic imine (C=N–C) groups is 1. The Hall–Kier alpha value is -2.73. The van der Waals surface area contributed by atoms with Gasteiger partial charge in [-0.15, -0.1) is 0 Å². The lowest BCUT2D eigenvalue weighted by Crippen LogP contribution is -2.29. The van der Waals surface area contributed by atoms with Crippen LogP contribution in [0.25, 0.3) is 6.08 Å². The molecule has 1 N–H and O–H groups in total. The number of thioether (sulfide) groups is 1. The summed E-state index contributed by atoms with van der Waals surface area (Å²) < 4.78 is 5.16. The van der Waals surface area contributed by atoms with Crippen LogP contribution in [0.5, 0.6) is 5.75 Å². The molecule has 2 aliphatic rings. The van der Waals surface area contributed by atoms with Gasteiger partial charge in [-0.25, -0.2) is 4.99 Å². The van der Waals surface area contributed by atoms with Crippen LogP contribution in [-0.2, 0) is 4.79 Å². The average Bonchev–Trinajstić information content (AvgIpc) is 3.09. The largest absolute Gasteiger partial charge is 0.497 e. The maximum Gasteiger partial charge on any atom is 0.264 e. The van der Waals surface area contributed by atoms with E-state index in [9.17, 15) is 4.79 Å². The van der Waals surface area contributed by atoms with Gasteiger partial charge in [0, 0.05) is 18.8 Å². The van der Waals surface area contributed by atoms with E-state index in [-0.39, 0.29) is 5.91 Å². The molecule has 0 bridgehead atoms. The van der Waals surface area contributed by atoms with E-state index in [1.807, 2.05) is 30.3 Å². The first-order valence-corrected chi connectivity index (χ1v) is 10.7. The van der Waals surface area contributed by atoms with Crippen LogP contribution in [0.3, 0.4) is 0 Å². The molecule has 0 spiro atoms. The number of rotatable bonds is 4. The summed E-state index contributed by atoms with van der Waals surface area (Å²) in [5.41, 5.74) is 4.29.